The zero-order valence-electron chi connectivity index (χ0n) is 15.2. The lowest BCUT2D eigenvalue weighted by Gasteiger charge is -1.95. The van der Waals surface area contributed by atoms with Gasteiger partial charge in [0.15, 0.2) is 0 Å². The van der Waals surface area contributed by atoms with Crippen LogP contribution >= 0.6 is 0 Å². The van der Waals surface area contributed by atoms with Crippen LogP contribution in [-0.2, 0) is 19.1 Å². The zero-order chi connectivity index (χ0) is 20.5. The molecule has 138 valence electrons. The molecule has 4 heteroatoms. The average molecular weight is 370 g/mol. The maximum absolute atomic E-state index is 11.6. The van der Waals surface area contributed by atoms with Gasteiger partial charge in [0.2, 0.25) is 11.6 Å². The molecule has 1 aromatic rings. The van der Waals surface area contributed by atoms with Crippen LogP contribution in [0.15, 0.2) is 36.4 Å². The first kappa shape index (κ1) is 22.2. The Labute approximate surface area is 165 Å². The molecule has 0 aromatic heterocycles. The summed E-state index contributed by atoms with van der Waals surface area (Å²) in [6.07, 6.45) is 16.1. The molecule has 0 spiro atoms. The number of ether oxygens (including phenoxy) is 2. The Bertz CT molecular complexity index is 848. The van der Waals surface area contributed by atoms with Gasteiger partial charge in [-0.25, -0.2) is 0 Å². The second kappa shape index (κ2) is 14.4. The molecule has 0 bridgehead atoms. The van der Waals surface area contributed by atoms with E-state index < -0.39 is 0 Å². The molecule has 0 fully saturated rings. The number of hydrogen-bond acceptors (Lipinski definition) is 4. The highest BCUT2D eigenvalue weighted by Gasteiger charge is 1.93. The third-order valence-electron chi connectivity index (χ3n) is 2.93. The van der Waals surface area contributed by atoms with Crippen molar-refractivity contribution in [1.29, 1.82) is 0 Å². The molecule has 0 atom stereocenters. The summed E-state index contributed by atoms with van der Waals surface area (Å²) < 4.78 is 9.90. The first-order chi connectivity index (χ1) is 13.7. The molecule has 4 nitrogen and oxygen atoms in total. The fourth-order valence-electron chi connectivity index (χ4n) is 1.71. The number of rotatable bonds is 8. The topological polar surface area (TPSA) is 52.6 Å². The van der Waals surface area contributed by atoms with Gasteiger partial charge in [-0.15, -0.1) is 12.8 Å². The molecule has 0 aliphatic carbocycles. The summed E-state index contributed by atoms with van der Waals surface area (Å²) in [4.78, 5) is 23.2. The minimum Gasteiger partial charge on any atom is -0.356 e. The molecule has 1 aromatic carbocycles. The quantitative estimate of drug-likeness (QED) is 0.305. The van der Waals surface area contributed by atoms with E-state index in [-0.39, 0.29) is 38.0 Å². The van der Waals surface area contributed by atoms with Gasteiger partial charge in [-0.1, -0.05) is 60.1 Å². The molecular formula is C24H18O4. The van der Waals surface area contributed by atoms with Crippen LogP contribution in [0.4, 0.5) is 0 Å². The second-order valence-electron chi connectivity index (χ2n) is 5.06. The van der Waals surface area contributed by atoms with Gasteiger partial charge in [0.25, 0.3) is 0 Å². The third-order valence-corrected chi connectivity index (χ3v) is 2.93. The van der Waals surface area contributed by atoms with E-state index in [4.69, 9.17) is 22.3 Å². The van der Waals surface area contributed by atoms with Crippen LogP contribution in [0, 0.1) is 48.4 Å². The SMILES string of the molecule is C#CCOCC#CC(=O)/C=C/c1ccc(/C=C/C(=O)C#CCOCC#C)cc1. The molecule has 0 N–H and O–H groups in total. The predicted octanol–water partition coefficient (Wildman–Crippen LogP) is 2.16. The monoisotopic (exact) mass is 370 g/mol. The number of benzene rings is 1. The number of ketones is 2. The molecule has 0 saturated carbocycles. The number of allylic oxidation sites excluding steroid dienone is 2. The Balaban J connectivity index is 2.50. The van der Waals surface area contributed by atoms with Gasteiger partial charge in [0.05, 0.1) is 0 Å². The van der Waals surface area contributed by atoms with Crippen molar-refractivity contribution in [2.45, 2.75) is 0 Å². The van der Waals surface area contributed by atoms with E-state index >= 15 is 0 Å². The highest BCUT2D eigenvalue weighted by Crippen LogP contribution is 2.08. The number of carbonyl (C=O) groups is 2. The smallest absolute Gasteiger partial charge is 0.228 e. The van der Waals surface area contributed by atoms with Gasteiger partial charge in [-0.05, 0) is 35.1 Å². The van der Waals surface area contributed by atoms with Crippen molar-refractivity contribution >= 4 is 23.7 Å². The van der Waals surface area contributed by atoms with Gasteiger partial charge in [0, 0.05) is 0 Å². The molecule has 0 unspecified atom stereocenters. The fraction of sp³-hybridized carbons (Fsp3) is 0.167. The predicted molar refractivity (Wildman–Crippen MR) is 109 cm³/mol. The molecule has 0 aliphatic heterocycles. The first-order valence-electron chi connectivity index (χ1n) is 8.20. The number of terminal acetylenes is 2. The molecule has 28 heavy (non-hydrogen) atoms. The number of hydrogen-bond donors (Lipinski definition) is 0. The van der Waals surface area contributed by atoms with Crippen molar-refractivity contribution in [3.05, 3.63) is 47.5 Å². The van der Waals surface area contributed by atoms with Crippen LogP contribution in [0.1, 0.15) is 11.1 Å². The molecule has 0 radical (unpaired) electrons. The molecule has 1 rings (SSSR count). The van der Waals surface area contributed by atoms with E-state index in [9.17, 15) is 9.59 Å². The van der Waals surface area contributed by atoms with Crippen molar-refractivity contribution < 1.29 is 19.1 Å². The highest BCUT2D eigenvalue weighted by atomic mass is 16.5. The van der Waals surface area contributed by atoms with Crippen molar-refractivity contribution in [3.63, 3.8) is 0 Å². The van der Waals surface area contributed by atoms with E-state index in [0.717, 1.165) is 11.1 Å². The first-order valence-corrected chi connectivity index (χ1v) is 8.20. The van der Waals surface area contributed by atoms with Gasteiger partial charge >= 0.3 is 0 Å². The maximum atomic E-state index is 11.6. The van der Waals surface area contributed by atoms with Crippen LogP contribution in [0.5, 0.6) is 0 Å². The Morgan fingerprint density at radius 2 is 1.14 bits per heavy atom. The van der Waals surface area contributed by atoms with Crippen LogP contribution in [0.3, 0.4) is 0 Å². The normalized spacial score (nSPS) is 9.64. The van der Waals surface area contributed by atoms with Crippen molar-refractivity contribution in [1.82, 2.24) is 0 Å². The highest BCUT2D eigenvalue weighted by molar-refractivity contribution is 6.07. The van der Waals surface area contributed by atoms with Gasteiger partial charge < -0.3 is 9.47 Å². The van der Waals surface area contributed by atoms with E-state index in [1.165, 1.54) is 12.2 Å². The molecule has 0 aliphatic rings. The van der Waals surface area contributed by atoms with Crippen molar-refractivity contribution in [3.8, 4) is 48.4 Å². The minimum atomic E-state index is -0.330. The summed E-state index contributed by atoms with van der Waals surface area (Å²) in [5, 5.41) is 0. The Morgan fingerprint density at radius 3 is 1.50 bits per heavy atom. The summed E-state index contributed by atoms with van der Waals surface area (Å²) in [5.74, 6) is 14.0. The minimum absolute atomic E-state index is 0.117. The van der Waals surface area contributed by atoms with E-state index in [1.807, 2.05) is 24.3 Å². The Morgan fingerprint density at radius 1 is 0.750 bits per heavy atom. The van der Waals surface area contributed by atoms with Crippen LogP contribution in [0.2, 0.25) is 0 Å². The number of carbonyl (C=O) groups excluding carboxylic acids is 2. The lowest BCUT2D eigenvalue weighted by molar-refractivity contribution is -0.110. The summed E-state index contributed by atoms with van der Waals surface area (Å²) in [6, 6.07) is 7.26. The summed E-state index contributed by atoms with van der Waals surface area (Å²) >= 11 is 0. The Kier molecular flexibility index (Phi) is 11.4. The van der Waals surface area contributed by atoms with Gasteiger partial charge in [-0.3, -0.25) is 9.59 Å². The van der Waals surface area contributed by atoms with Crippen LogP contribution in [0.25, 0.3) is 12.2 Å². The maximum Gasteiger partial charge on any atom is 0.228 e. The van der Waals surface area contributed by atoms with Crippen LogP contribution < -0.4 is 0 Å². The summed E-state index contributed by atoms with van der Waals surface area (Å²) in [5.41, 5.74) is 1.65. The lowest BCUT2D eigenvalue weighted by Crippen LogP contribution is -1.93. The summed E-state index contributed by atoms with van der Waals surface area (Å²) in [6.45, 7) is 0.564. The third kappa shape index (κ3) is 10.9. The van der Waals surface area contributed by atoms with Crippen molar-refractivity contribution in [2.24, 2.45) is 0 Å². The van der Waals surface area contributed by atoms with Gasteiger partial charge in [0.1, 0.15) is 26.4 Å². The summed E-state index contributed by atoms with van der Waals surface area (Å²) in [7, 11) is 0. The molecular weight excluding hydrogens is 352 g/mol. The fourth-order valence-corrected chi connectivity index (χ4v) is 1.71. The van der Waals surface area contributed by atoms with E-state index in [2.05, 4.69) is 35.5 Å². The van der Waals surface area contributed by atoms with E-state index in [1.54, 1.807) is 12.2 Å². The Hall–Kier alpha value is -3.80. The average Bonchev–Trinajstić information content (AvgIpc) is 2.71. The van der Waals surface area contributed by atoms with Crippen LogP contribution in [-0.4, -0.2) is 38.0 Å². The van der Waals surface area contributed by atoms with Crippen molar-refractivity contribution in [2.75, 3.05) is 26.4 Å². The molecule has 0 amide bonds. The van der Waals surface area contributed by atoms with Gasteiger partial charge in [-0.2, -0.15) is 0 Å². The standard InChI is InChI=1S/C24H18O4/c1-3-17-27-19-5-7-23(25)15-13-21-9-11-22(12-10-21)14-16-24(26)8-6-20-28-18-4-2/h1-2,9-16H,17-20H2/b15-13+,16-14+. The zero-order valence-corrected chi connectivity index (χ0v) is 15.2. The molecule has 0 saturated heterocycles. The second-order valence-corrected chi connectivity index (χ2v) is 5.06. The van der Waals surface area contributed by atoms with E-state index in [0.29, 0.717) is 0 Å². The largest absolute Gasteiger partial charge is 0.356 e. The molecule has 0 heterocycles. The lowest BCUT2D eigenvalue weighted by atomic mass is 10.1.